The lowest BCUT2D eigenvalue weighted by molar-refractivity contribution is 0.0175. The van der Waals surface area contributed by atoms with Crippen molar-refractivity contribution >= 4 is 11.7 Å². The number of hydrogen-bond acceptors (Lipinski definition) is 6. The molecule has 1 saturated carbocycles. The normalized spacial score (nSPS) is 21.7. The van der Waals surface area contributed by atoms with Crippen molar-refractivity contribution in [2.75, 3.05) is 38.6 Å². The number of carbonyl (C=O) groups excluding carboxylic acids is 1. The molecule has 0 radical (unpaired) electrons. The second-order valence-corrected chi connectivity index (χ2v) is 8.74. The summed E-state index contributed by atoms with van der Waals surface area (Å²) in [5.74, 6) is 0.0135. The third-order valence-corrected chi connectivity index (χ3v) is 6.49. The predicted octanol–water partition coefficient (Wildman–Crippen LogP) is 3.18. The van der Waals surface area contributed by atoms with Crippen LogP contribution in [0, 0.1) is 5.82 Å². The largest absolute Gasteiger partial charge is 0.381 e. The predicted molar refractivity (Wildman–Crippen MR) is 121 cm³/mol. The van der Waals surface area contributed by atoms with Gasteiger partial charge >= 0.3 is 0 Å². The summed E-state index contributed by atoms with van der Waals surface area (Å²) < 4.78 is 18.7. The second-order valence-electron chi connectivity index (χ2n) is 8.74. The van der Waals surface area contributed by atoms with Gasteiger partial charge in [0, 0.05) is 32.2 Å². The first-order valence-corrected chi connectivity index (χ1v) is 11.5. The van der Waals surface area contributed by atoms with Crippen molar-refractivity contribution in [1.29, 1.82) is 0 Å². The van der Waals surface area contributed by atoms with E-state index in [2.05, 4.69) is 20.5 Å². The molecule has 8 heteroatoms. The SMILES string of the molecule is CO[C@H]1C[C@H](NC(=O)c2cnc(NCCN3CCCC3)c([C@H](C)c3ccc(F)cc3)n2)C1. The fourth-order valence-corrected chi connectivity index (χ4v) is 4.33. The fraction of sp³-hybridized carbons (Fsp3) is 0.542. The molecule has 1 atom stereocenters. The molecular weight excluding hydrogens is 409 g/mol. The molecule has 4 rings (SSSR count). The molecule has 172 valence electrons. The lowest BCUT2D eigenvalue weighted by Gasteiger charge is -2.34. The molecule has 2 aromatic rings. The maximum absolute atomic E-state index is 13.4. The molecule has 2 N–H and O–H groups in total. The Morgan fingerprint density at radius 3 is 2.66 bits per heavy atom. The van der Waals surface area contributed by atoms with Gasteiger partial charge in [-0.2, -0.15) is 0 Å². The molecule has 1 saturated heterocycles. The van der Waals surface area contributed by atoms with E-state index in [1.165, 1.54) is 31.2 Å². The van der Waals surface area contributed by atoms with Crippen LogP contribution in [0.15, 0.2) is 30.5 Å². The van der Waals surface area contributed by atoms with E-state index in [1.54, 1.807) is 19.2 Å². The maximum Gasteiger partial charge on any atom is 0.271 e. The highest BCUT2D eigenvalue weighted by molar-refractivity contribution is 5.92. The summed E-state index contributed by atoms with van der Waals surface area (Å²) in [4.78, 5) is 24.5. The number of nitrogens with zero attached hydrogens (tertiary/aromatic N) is 3. The Morgan fingerprint density at radius 2 is 1.97 bits per heavy atom. The van der Waals surface area contributed by atoms with Crippen LogP contribution in [-0.2, 0) is 4.74 Å². The number of hydrogen-bond donors (Lipinski definition) is 2. The van der Waals surface area contributed by atoms with Crippen molar-refractivity contribution in [2.45, 2.75) is 50.7 Å². The van der Waals surface area contributed by atoms with Gasteiger partial charge < -0.3 is 20.3 Å². The van der Waals surface area contributed by atoms with E-state index >= 15 is 0 Å². The quantitative estimate of drug-likeness (QED) is 0.622. The Bertz CT molecular complexity index is 911. The zero-order valence-corrected chi connectivity index (χ0v) is 18.8. The number of aromatic nitrogens is 2. The summed E-state index contributed by atoms with van der Waals surface area (Å²) in [6.07, 6.45) is 5.86. The molecule has 1 aromatic carbocycles. The van der Waals surface area contributed by atoms with Crippen molar-refractivity contribution in [1.82, 2.24) is 20.2 Å². The summed E-state index contributed by atoms with van der Waals surface area (Å²) >= 11 is 0. The minimum atomic E-state index is -0.279. The average Bonchev–Trinajstić information content (AvgIpc) is 3.29. The molecule has 0 spiro atoms. The van der Waals surface area contributed by atoms with E-state index in [-0.39, 0.29) is 29.8 Å². The average molecular weight is 442 g/mol. The summed E-state index contributed by atoms with van der Waals surface area (Å²) in [7, 11) is 1.69. The van der Waals surface area contributed by atoms with Crippen LogP contribution < -0.4 is 10.6 Å². The van der Waals surface area contributed by atoms with Crippen LogP contribution in [0.4, 0.5) is 10.2 Å². The van der Waals surface area contributed by atoms with Crippen LogP contribution in [0.25, 0.3) is 0 Å². The molecule has 0 unspecified atom stereocenters. The maximum atomic E-state index is 13.4. The van der Waals surface area contributed by atoms with Gasteiger partial charge in [-0.1, -0.05) is 19.1 Å². The number of benzene rings is 1. The molecule has 7 nitrogen and oxygen atoms in total. The lowest BCUT2D eigenvalue weighted by Crippen LogP contribution is -2.47. The minimum Gasteiger partial charge on any atom is -0.381 e. The standard InChI is InChI=1S/C24H32FN5O2/c1-16(17-5-7-18(25)8-6-17)22-23(26-9-12-30-10-3-4-11-30)27-15-21(29-22)24(31)28-19-13-20(14-19)32-2/h5-8,15-16,19-20H,3-4,9-14H2,1-2H3,(H,26,27)(H,28,31)/t16-,19-,20-/m1/s1. The Morgan fingerprint density at radius 1 is 1.25 bits per heavy atom. The van der Waals surface area contributed by atoms with E-state index in [0.717, 1.165) is 44.6 Å². The molecule has 0 bridgehead atoms. The highest BCUT2D eigenvalue weighted by atomic mass is 19.1. The third kappa shape index (κ3) is 5.42. The van der Waals surface area contributed by atoms with Crippen molar-refractivity contribution in [2.24, 2.45) is 0 Å². The Hall–Kier alpha value is -2.58. The van der Waals surface area contributed by atoms with E-state index in [9.17, 15) is 9.18 Å². The number of amides is 1. The molecule has 1 aromatic heterocycles. The zero-order chi connectivity index (χ0) is 22.5. The van der Waals surface area contributed by atoms with Crippen LogP contribution in [0.3, 0.4) is 0 Å². The topological polar surface area (TPSA) is 79.4 Å². The van der Waals surface area contributed by atoms with Gasteiger partial charge in [0.15, 0.2) is 0 Å². The zero-order valence-electron chi connectivity index (χ0n) is 18.8. The van der Waals surface area contributed by atoms with Gasteiger partial charge in [0.2, 0.25) is 0 Å². The van der Waals surface area contributed by atoms with Crippen LogP contribution in [0.2, 0.25) is 0 Å². The number of halogens is 1. The smallest absolute Gasteiger partial charge is 0.271 e. The Kier molecular flexibility index (Phi) is 7.32. The van der Waals surface area contributed by atoms with Crippen molar-refractivity contribution < 1.29 is 13.9 Å². The van der Waals surface area contributed by atoms with E-state index in [1.807, 2.05) is 6.92 Å². The first kappa shape index (κ1) is 22.6. The van der Waals surface area contributed by atoms with Crippen molar-refractivity contribution in [3.8, 4) is 0 Å². The minimum absolute atomic E-state index is 0.102. The Labute approximate surface area is 188 Å². The summed E-state index contributed by atoms with van der Waals surface area (Å²) in [6, 6.07) is 6.49. The Balaban J connectivity index is 1.50. The third-order valence-electron chi connectivity index (χ3n) is 6.49. The van der Waals surface area contributed by atoms with E-state index in [0.29, 0.717) is 17.2 Å². The van der Waals surface area contributed by atoms with Gasteiger partial charge in [0.05, 0.1) is 18.0 Å². The van der Waals surface area contributed by atoms with Crippen molar-refractivity contribution in [3.05, 3.63) is 53.2 Å². The summed E-state index contributed by atoms with van der Waals surface area (Å²) in [5, 5.41) is 6.42. The van der Waals surface area contributed by atoms with Gasteiger partial charge in [-0.05, 0) is 56.5 Å². The number of nitrogens with one attached hydrogen (secondary N) is 2. The number of rotatable bonds is 9. The molecule has 32 heavy (non-hydrogen) atoms. The lowest BCUT2D eigenvalue weighted by atomic mass is 9.89. The number of carbonyl (C=O) groups is 1. The van der Waals surface area contributed by atoms with Crippen LogP contribution in [-0.4, -0.2) is 66.2 Å². The highest BCUT2D eigenvalue weighted by Gasteiger charge is 2.31. The van der Waals surface area contributed by atoms with Gasteiger partial charge in [-0.15, -0.1) is 0 Å². The molecule has 1 aliphatic carbocycles. The molecule has 1 aliphatic heterocycles. The second kappa shape index (κ2) is 10.4. The van der Waals surface area contributed by atoms with Gasteiger partial charge in [-0.3, -0.25) is 4.79 Å². The monoisotopic (exact) mass is 441 g/mol. The van der Waals surface area contributed by atoms with Crippen LogP contribution >= 0.6 is 0 Å². The van der Waals surface area contributed by atoms with E-state index in [4.69, 9.17) is 9.72 Å². The molecule has 2 heterocycles. The number of methoxy groups -OCH3 is 1. The number of anilines is 1. The summed E-state index contributed by atoms with van der Waals surface area (Å²) in [6.45, 7) is 5.97. The fourth-order valence-electron chi connectivity index (χ4n) is 4.33. The molecule has 2 fully saturated rings. The van der Waals surface area contributed by atoms with Crippen LogP contribution in [0.1, 0.15) is 60.3 Å². The van der Waals surface area contributed by atoms with Gasteiger partial charge in [0.25, 0.3) is 5.91 Å². The first-order chi connectivity index (χ1) is 15.5. The highest BCUT2D eigenvalue weighted by Crippen LogP contribution is 2.28. The summed E-state index contributed by atoms with van der Waals surface area (Å²) in [5.41, 5.74) is 1.90. The van der Waals surface area contributed by atoms with E-state index < -0.39 is 0 Å². The van der Waals surface area contributed by atoms with Gasteiger partial charge in [-0.25, -0.2) is 14.4 Å². The molecule has 2 aliphatic rings. The molecule has 1 amide bonds. The van der Waals surface area contributed by atoms with Crippen molar-refractivity contribution in [3.63, 3.8) is 0 Å². The molecular formula is C24H32FN5O2. The van der Waals surface area contributed by atoms with Gasteiger partial charge in [0.1, 0.15) is 17.3 Å². The number of likely N-dealkylation sites (tertiary alicyclic amines) is 1. The first-order valence-electron chi connectivity index (χ1n) is 11.5. The number of ether oxygens (including phenoxy) is 1. The van der Waals surface area contributed by atoms with Crippen LogP contribution in [0.5, 0.6) is 0 Å².